The van der Waals surface area contributed by atoms with Crippen LogP contribution in [0.1, 0.15) is 39.5 Å². The van der Waals surface area contributed by atoms with E-state index in [-0.39, 0.29) is 11.3 Å². The summed E-state index contributed by atoms with van der Waals surface area (Å²) < 4.78 is 5.75. The molecule has 4 heteroatoms. The first-order valence-electron chi connectivity index (χ1n) is 7.23. The van der Waals surface area contributed by atoms with Crippen molar-refractivity contribution in [2.75, 3.05) is 13.2 Å². The molecule has 4 unspecified atom stereocenters. The van der Waals surface area contributed by atoms with Gasteiger partial charge in [-0.15, -0.1) is 0 Å². The number of fused-ring (bicyclic) bond motifs is 1. The lowest BCUT2D eigenvalue weighted by atomic mass is 9.57. The molecule has 0 aromatic carbocycles. The Balaban J connectivity index is 1.54. The zero-order valence-corrected chi connectivity index (χ0v) is 11.4. The topological polar surface area (TPSA) is 50.4 Å². The number of amides is 1. The van der Waals surface area contributed by atoms with Crippen molar-refractivity contribution in [2.24, 2.45) is 11.3 Å². The zero-order valence-electron chi connectivity index (χ0n) is 11.4. The molecule has 3 aliphatic rings. The monoisotopic (exact) mass is 252 g/mol. The highest BCUT2D eigenvalue weighted by molar-refractivity contribution is 5.77. The lowest BCUT2D eigenvalue weighted by Gasteiger charge is -2.54. The highest BCUT2D eigenvalue weighted by Gasteiger charge is 2.59. The Morgan fingerprint density at radius 3 is 3.00 bits per heavy atom. The summed E-state index contributed by atoms with van der Waals surface area (Å²) in [5.41, 5.74) is 0.0972. The van der Waals surface area contributed by atoms with Crippen LogP contribution in [0.3, 0.4) is 0 Å². The van der Waals surface area contributed by atoms with Gasteiger partial charge in [-0.25, -0.2) is 0 Å². The van der Waals surface area contributed by atoms with Crippen LogP contribution in [0.4, 0.5) is 0 Å². The second-order valence-electron chi connectivity index (χ2n) is 6.61. The van der Waals surface area contributed by atoms with Crippen LogP contribution in [-0.2, 0) is 9.53 Å². The van der Waals surface area contributed by atoms with Gasteiger partial charge in [-0.2, -0.15) is 0 Å². The van der Waals surface area contributed by atoms with Gasteiger partial charge in [0.05, 0.1) is 6.10 Å². The predicted molar refractivity (Wildman–Crippen MR) is 69.2 cm³/mol. The van der Waals surface area contributed by atoms with Gasteiger partial charge in [0.25, 0.3) is 0 Å². The standard InChI is InChI=1S/C14H24N2O2/c1-14(2)12(10-5-7-18-13(10)14)16-11(17)8-9-4-3-6-15-9/h9-10,12-13,15H,3-8H2,1-2H3,(H,16,17). The molecule has 2 aliphatic heterocycles. The summed E-state index contributed by atoms with van der Waals surface area (Å²) in [5, 5.41) is 6.62. The number of nitrogens with one attached hydrogen (secondary N) is 2. The molecule has 102 valence electrons. The van der Waals surface area contributed by atoms with Crippen LogP contribution < -0.4 is 10.6 Å². The van der Waals surface area contributed by atoms with Crippen molar-refractivity contribution in [3.05, 3.63) is 0 Å². The molecule has 4 nitrogen and oxygen atoms in total. The second kappa shape index (κ2) is 4.49. The number of hydrogen-bond donors (Lipinski definition) is 2. The normalized spacial score (nSPS) is 41.2. The first-order chi connectivity index (χ1) is 8.59. The molecule has 0 aromatic heterocycles. The fraction of sp³-hybridized carbons (Fsp3) is 0.929. The maximum absolute atomic E-state index is 12.1. The number of rotatable bonds is 3. The van der Waals surface area contributed by atoms with Crippen LogP contribution in [0.2, 0.25) is 0 Å². The summed E-state index contributed by atoms with van der Waals surface area (Å²) in [4.78, 5) is 12.1. The predicted octanol–water partition coefficient (Wildman–Crippen LogP) is 1.06. The number of ether oxygens (including phenoxy) is 1. The van der Waals surface area contributed by atoms with Gasteiger partial charge in [-0.05, 0) is 25.8 Å². The summed E-state index contributed by atoms with van der Waals surface area (Å²) in [5.74, 6) is 0.748. The molecule has 0 radical (unpaired) electrons. The summed E-state index contributed by atoms with van der Waals surface area (Å²) >= 11 is 0. The van der Waals surface area contributed by atoms with Crippen molar-refractivity contribution in [3.8, 4) is 0 Å². The van der Waals surface area contributed by atoms with Crippen LogP contribution in [-0.4, -0.2) is 37.2 Å². The minimum absolute atomic E-state index is 0.0972. The van der Waals surface area contributed by atoms with E-state index in [1.165, 1.54) is 6.42 Å². The third-order valence-corrected chi connectivity index (χ3v) is 5.01. The van der Waals surface area contributed by atoms with Gasteiger partial charge in [0.1, 0.15) is 0 Å². The number of hydrogen-bond acceptors (Lipinski definition) is 3. The van der Waals surface area contributed by atoms with E-state index in [0.29, 0.717) is 30.5 Å². The lowest BCUT2D eigenvalue weighted by Crippen LogP contribution is -2.66. The molecule has 3 fully saturated rings. The van der Waals surface area contributed by atoms with E-state index in [1.54, 1.807) is 0 Å². The zero-order chi connectivity index (χ0) is 12.8. The highest BCUT2D eigenvalue weighted by Crippen LogP contribution is 2.52. The molecular formula is C14H24N2O2. The summed E-state index contributed by atoms with van der Waals surface area (Å²) in [6, 6.07) is 0.697. The van der Waals surface area contributed by atoms with Gasteiger partial charge in [0.2, 0.25) is 5.91 Å². The van der Waals surface area contributed by atoms with E-state index in [4.69, 9.17) is 4.74 Å². The Bertz CT molecular complexity index is 337. The second-order valence-corrected chi connectivity index (χ2v) is 6.61. The fourth-order valence-corrected chi connectivity index (χ4v) is 4.00. The lowest BCUT2D eigenvalue weighted by molar-refractivity contribution is -0.138. The molecule has 3 rings (SSSR count). The van der Waals surface area contributed by atoms with Crippen molar-refractivity contribution in [2.45, 2.75) is 57.7 Å². The molecule has 0 spiro atoms. The number of carbonyl (C=O) groups excluding carboxylic acids is 1. The summed E-state index contributed by atoms with van der Waals surface area (Å²) in [6.45, 7) is 6.33. The quantitative estimate of drug-likeness (QED) is 0.789. The third kappa shape index (κ3) is 1.95. The largest absolute Gasteiger partial charge is 0.377 e. The first kappa shape index (κ1) is 12.4. The Kier molecular flexibility index (Phi) is 3.10. The minimum Gasteiger partial charge on any atom is -0.377 e. The van der Waals surface area contributed by atoms with Crippen LogP contribution in [0, 0.1) is 11.3 Å². The van der Waals surface area contributed by atoms with Crippen molar-refractivity contribution < 1.29 is 9.53 Å². The minimum atomic E-state index is 0.0972. The SMILES string of the molecule is CC1(C)C(NC(=O)CC2CCCN2)C2CCOC21. The molecule has 2 heterocycles. The highest BCUT2D eigenvalue weighted by atomic mass is 16.5. The third-order valence-electron chi connectivity index (χ3n) is 5.01. The molecule has 2 N–H and O–H groups in total. The van der Waals surface area contributed by atoms with E-state index in [9.17, 15) is 4.79 Å². The summed E-state index contributed by atoms with van der Waals surface area (Å²) in [6.07, 6.45) is 4.42. The first-order valence-corrected chi connectivity index (χ1v) is 7.23. The smallest absolute Gasteiger partial charge is 0.221 e. The maximum atomic E-state index is 12.1. The van der Waals surface area contributed by atoms with Crippen molar-refractivity contribution in [1.82, 2.24) is 10.6 Å². The van der Waals surface area contributed by atoms with Crippen LogP contribution >= 0.6 is 0 Å². The molecule has 1 amide bonds. The molecular weight excluding hydrogens is 228 g/mol. The molecule has 1 saturated carbocycles. The van der Waals surface area contributed by atoms with Gasteiger partial charge < -0.3 is 15.4 Å². The van der Waals surface area contributed by atoms with Crippen molar-refractivity contribution in [1.29, 1.82) is 0 Å². The van der Waals surface area contributed by atoms with E-state index >= 15 is 0 Å². The van der Waals surface area contributed by atoms with Gasteiger partial charge in [0, 0.05) is 36.4 Å². The number of carbonyl (C=O) groups is 1. The van der Waals surface area contributed by atoms with Gasteiger partial charge in [-0.1, -0.05) is 13.8 Å². The Morgan fingerprint density at radius 1 is 1.44 bits per heavy atom. The van der Waals surface area contributed by atoms with E-state index in [1.807, 2.05) is 0 Å². The molecule has 0 bridgehead atoms. The van der Waals surface area contributed by atoms with Crippen LogP contribution in [0.25, 0.3) is 0 Å². The van der Waals surface area contributed by atoms with Gasteiger partial charge in [-0.3, -0.25) is 4.79 Å². The average molecular weight is 252 g/mol. The van der Waals surface area contributed by atoms with E-state index in [2.05, 4.69) is 24.5 Å². The van der Waals surface area contributed by atoms with Gasteiger partial charge >= 0.3 is 0 Å². The Hall–Kier alpha value is -0.610. The summed E-state index contributed by atoms with van der Waals surface area (Å²) in [7, 11) is 0. The maximum Gasteiger partial charge on any atom is 0.221 e. The fourth-order valence-electron chi connectivity index (χ4n) is 4.00. The average Bonchev–Trinajstić information content (AvgIpc) is 2.95. The molecule has 1 aliphatic carbocycles. The Morgan fingerprint density at radius 2 is 2.28 bits per heavy atom. The van der Waals surface area contributed by atoms with Crippen molar-refractivity contribution >= 4 is 5.91 Å². The van der Waals surface area contributed by atoms with Crippen LogP contribution in [0.5, 0.6) is 0 Å². The van der Waals surface area contributed by atoms with Crippen molar-refractivity contribution in [3.63, 3.8) is 0 Å². The Labute approximate surface area is 109 Å². The molecule has 18 heavy (non-hydrogen) atoms. The molecule has 2 saturated heterocycles. The van der Waals surface area contributed by atoms with Gasteiger partial charge in [0.15, 0.2) is 0 Å². The van der Waals surface area contributed by atoms with E-state index < -0.39 is 0 Å². The molecule has 4 atom stereocenters. The van der Waals surface area contributed by atoms with E-state index in [0.717, 1.165) is 26.0 Å². The molecule has 0 aromatic rings. The van der Waals surface area contributed by atoms with Crippen LogP contribution in [0.15, 0.2) is 0 Å².